The van der Waals surface area contributed by atoms with Gasteiger partial charge in [0.25, 0.3) is 0 Å². The summed E-state index contributed by atoms with van der Waals surface area (Å²) in [7, 11) is 0. The molecule has 5 heteroatoms. The lowest BCUT2D eigenvalue weighted by molar-refractivity contribution is 0.240. The van der Waals surface area contributed by atoms with Crippen molar-refractivity contribution in [2.24, 2.45) is 5.73 Å². The average molecular weight is 301 g/mol. The lowest BCUT2D eigenvalue weighted by Crippen LogP contribution is -2.36. The lowest BCUT2D eigenvalue weighted by Gasteiger charge is -2.09. The first kappa shape index (κ1) is 16.0. The van der Waals surface area contributed by atoms with Crippen LogP contribution in [0.15, 0.2) is 48.5 Å². The second-order valence-corrected chi connectivity index (χ2v) is 4.97. The van der Waals surface area contributed by atoms with Crippen molar-refractivity contribution in [3.05, 3.63) is 71.0 Å². The van der Waals surface area contributed by atoms with Crippen molar-refractivity contribution in [1.82, 2.24) is 10.6 Å². The van der Waals surface area contributed by atoms with Crippen LogP contribution in [0.4, 0.5) is 9.18 Å². The molecule has 0 aliphatic heterocycles. The van der Waals surface area contributed by atoms with Gasteiger partial charge < -0.3 is 16.4 Å². The normalized spacial score (nSPS) is 10.3. The highest BCUT2D eigenvalue weighted by Crippen LogP contribution is 2.06. The summed E-state index contributed by atoms with van der Waals surface area (Å²) in [6, 6.07) is 14.0. The molecule has 0 unspecified atom stereocenters. The predicted molar refractivity (Wildman–Crippen MR) is 84.7 cm³/mol. The molecule has 0 aromatic heterocycles. The highest BCUT2D eigenvalue weighted by Gasteiger charge is 2.03. The van der Waals surface area contributed by atoms with Gasteiger partial charge in [0.1, 0.15) is 5.82 Å². The first-order valence-corrected chi connectivity index (χ1v) is 7.22. The van der Waals surface area contributed by atoms with Gasteiger partial charge in [-0.15, -0.1) is 0 Å². The van der Waals surface area contributed by atoms with E-state index in [1.807, 2.05) is 24.3 Å². The van der Waals surface area contributed by atoms with Crippen molar-refractivity contribution in [2.45, 2.75) is 19.5 Å². The van der Waals surface area contributed by atoms with E-state index in [2.05, 4.69) is 10.6 Å². The molecule has 0 fully saturated rings. The quantitative estimate of drug-likeness (QED) is 0.766. The maximum Gasteiger partial charge on any atom is 0.315 e. The summed E-state index contributed by atoms with van der Waals surface area (Å²) in [6.45, 7) is 1.29. The van der Waals surface area contributed by atoms with Crippen LogP contribution >= 0.6 is 0 Å². The van der Waals surface area contributed by atoms with Gasteiger partial charge in [-0.3, -0.25) is 0 Å². The van der Waals surface area contributed by atoms with Crippen LogP contribution in [0.5, 0.6) is 0 Å². The van der Waals surface area contributed by atoms with Crippen LogP contribution in [0.1, 0.15) is 16.7 Å². The van der Waals surface area contributed by atoms with Crippen molar-refractivity contribution < 1.29 is 9.18 Å². The van der Waals surface area contributed by atoms with Gasteiger partial charge in [-0.2, -0.15) is 0 Å². The molecule has 0 aliphatic carbocycles. The molecular weight excluding hydrogens is 281 g/mol. The van der Waals surface area contributed by atoms with Crippen molar-refractivity contribution in [3.8, 4) is 0 Å². The summed E-state index contributed by atoms with van der Waals surface area (Å²) in [4.78, 5) is 11.7. The fourth-order valence-corrected chi connectivity index (χ4v) is 2.12. The number of carbonyl (C=O) groups excluding carboxylic acids is 1. The molecule has 4 nitrogen and oxygen atoms in total. The zero-order valence-corrected chi connectivity index (χ0v) is 12.3. The molecule has 0 radical (unpaired) electrons. The molecule has 116 valence electrons. The highest BCUT2D eigenvalue weighted by atomic mass is 19.1. The first-order chi connectivity index (χ1) is 10.7. The third kappa shape index (κ3) is 4.86. The summed E-state index contributed by atoms with van der Waals surface area (Å²) in [5.41, 5.74) is 8.19. The molecule has 0 atom stereocenters. The number of nitrogens with one attached hydrogen (secondary N) is 2. The molecule has 2 aromatic carbocycles. The van der Waals surface area contributed by atoms with Crippen molar-refractivity contribution in [2.75, 3.05) is 6.54 Å². The maximum atomic E-state index is 13.4. The van der Waals surface area contributed by atoms with Crippen LogP contribution in [0.2, 0.25) is 0 Å². The Morgan fingerprint density at radius 1 is 1.05 bits per heavy atom. The molecule has 0 bridgehead atoms. The van der Waals surface area contributed by atoms with Gasteiger partial charge in [-0.1, -0.05) is 42.5 Å². The Balaban J connectivity index is 1.73. The fourth-order valence-electron chi connectivity index (χ4n) is 2.12. The zero-order chi connectivity index (χ0) is 15.8. The largest absolute Gasteiger partial charge is 0.338 e. The summed E-state index contributed by atoms with van der Waals surface area (Å²) >= 11 is 0. The van der Waals surface area contributed by atoms with E-state index >= 15 is 0 Å². The standard InChI is InChI=1S/C17H20FN3O/c18-16-7-2-1-6-15(16)8-9-20-17(22)21-12-14-5-3-4-13(10-14)11-19/h1-7,10H,8-9,11-12,19H2,(H2,20,21,22). The van der Waals surface area contributed by atoms with E-state index in [0.717, 1.165) is 11.1 Å². The van der Waals surface area contributed by atoms with Gasteiger partial charge in [0.15, 0.2) is 0 Å². The second kappa shape index (κ2) is 8.14. The minimum absolute atomic E-state index is 0.247. The monoisotopic (exact) mass is 301 g/mol. The fraction of sp³-hybridized carbons (Fsp3) is 0.235. The average Bonchev–Trinajstić information content (AvgIpc) is 2.55. The molecule has 2 aromatic rings. The number of nitrogens with two attached hydrogens (primary N) is 1. The van der Waals surface area contributed by atoms with E-state index in [1.165, 1.54) is 6.07 Å². The number of urea groups is 1. The van der Waals surface area contributed by atoms with Gasteiger partial charge in [0.05, 0.1) is 0 Å². The van der Waals surface area contributed by atoms with E-state index < -0.39 is 0 Å². The minimum Gasteiger partial charge on any atom is -0.338 e. The summed E-state index contributed by atoms with van der Waals surface area (Å²) in [5, 5.41) is 5.48. The van der Waals surface area contributed by atoms with E-state index in [4.69, 9.17) is 5.73 Å². The Morgan fingerprint density at radius 2 is 1.82 bits per heavy atom. The van der Waals surface area contributed by atoms with E-state index in [-0.39, 0.29) is 11.8 Å². The molecule has 2 amide bonds. The maximum absolute atomic E-state index is 13.4. The van der Waals surface area contributed by atoms with Gasteiger partial charge in [-0.05, 0) is 29.2 Å². The number of hydrogen-bond donors (Lipinski definition) is 3. The molecule has 4 N–H and O–H groups in total. The molecule has 0 saturated carbocycles. The van der Waals surface area contributed by atoms with E-state index in [9.17, 15) is 9.18 Å². The summed E-state index contributed by atoms with van der Waals surface area (Å²) < 4.78 is 13.4. The number of hydrogen-bond acceptors (Lipinski definition) is 2. The Hall–Kier alpha value is -2.40. The molecular formula is C17H20FN3O. The second-order valence-electron chi connectivity index (χ2n) is 4.97. The van der Waals surface area contributed by atoms with Gasteiger partial charge in [0.2, 0.25) is 0 Å². The number of halogens is 1. The van der Waals surface area contributed by atoms with Crippen LogP contribution in [0.3, 0.4) is 0 Å². The van der Waals surface area contributed by atoms with Gasteiger partial charge >= 0.3 is 6.03 Å². The molecule has 22 heavy (non-hydrogen) atoms. The number of rotatable bonds is 6. The summed E-state index contributed by atoms with van der Waals surface area (Å²) in [6.07, 6.45) is 0.461. The number of amides is 2. The number of benzene rings is 2. The lowest BCUT2D eigenvalue weighted by atomic mass is 10.1. The molecule has 0 saturated heterocycles. The van der Waals surface area contributed by atoms with Crippen LogP contribution in [-0.4, -0.2) is 12.6 Å². The minimum atomic E-state index is -0.269. The SMILES string of the molecule is NCc1cccc(CNC(=O)NCCc2ccccc2F)c1. The molecule has 0 heterocycles. The smallest absolute Gasteiger partial charge is 0.315 e. The Kier molecular flexibility index (Phi) is 5.91. The topological polar surface area (TPSA) is 67.1 Å². The Bertz CT molecular complexity index is 631. The van der Waals surface area contributed by atoms with Gasteiger partial charge in [-0.25, -0.2) is 9.18 Å². The van der Waals surface area contributed by atoms with Crippen molar-refractivity contribution in [1.29, 1.82) is 0 Å². The van der Waals surface area contributed by atoms with E-state index in [0.29, 0.717) is 31.6 Å². The third-order valence-corrected chi connectivity index (χ3v) is 3.32. The van der Waals surface area contributed by atoms with Crippen LogP contribution in [0, 0.1) is 5.82 Å². The number of carbonyl (C=O) groups is 1. The molecule has 0 spiro atoms. The predicted octanol–water partition coefficient (Wildman–Crippen LogP) is 2.33. The molecule has 2 rings (SSSR count). The molecule has 0 aliphatic rings. The van der Waals surface area contributed by atoms with Crippen LogP contribution in [-0.2, 0) is 19.5 Å². The van der Waals surface area contributed by atoms with Crippen molar-refractivity contribution in [3.63, 3.8) is 0 Å². The first-order valence-electron chi connectivity index (χ1n) is 7.22. The Morgan fingerprint density at radius 3 is 2.59 bits per heavy atom. The highest BCUT2D eigenvalue weighted by molar-refractivity contribution is 5.73. The summed E-state index contributed by atoms with van der Waals surface area (Å²) in [5.74, 6) is -0.247. The Labute approximate surface area is 129 Å². The van der Waals surface area contributed by atoms with Crippen LogP contribution in [0.25, 0.3) is 0 Å². The van der Waals surface area contributed by atoms with Crippen molar-refractivity contribution >= 4 is 6.03 Å². The van der Waals surface area contributed by atoms with Crippen LogP contribution < -0.4 is 16.4 Å². The van der Waals surface area contributed by atoms with Gasteiger partial charge in [0, 0.05) is 19.6 Å². The van der Waals surface area contributed by atoms with E-state index in [1.54, 1.807) is 18.2 Å². The zero-order valence-electron chi connectivity index (χ0n) is 12.3. The third-order valence-electron chi connectivity index (χ3n) is 3.32.